The molecule has 24 rings (SSSR count). The van der Waals surface area contributed by atoms with Gasteiger partial charge in [0.05, 0.1) is 130 Å². The number of nitrogens with zero attached hydrogens (tertiary/aromatic N) is 8. The summed E-state index contributed by atoms with van der Waals surface area (Å²) in [6.07, 6.45) is 36.3. The summed E-state index contributed by atoms with van der Waals surface area (Å²) in [5, 5.41) is 14.9. The van der Waals surface area contributed by atoms with Crippen LogP contribution in [0.4, 0.5) is 0 Å². The molecule has 140 heavy (non-hydrogen) atoms. The highest BCUT2D eigenvalue weighted by Gasteiger charge is 2.28. The van der Waals surface area contributed by atoms with Crippen LogP contribution in [0.25, 0.3) is 187 Å². The lowest BCUT2D eigenvalue weighted by Crippen LogP contribution is -1.97. The SMILES string of the molecule is COc1ccc2c(c1-c1c(OC)ccc3[nH]ccc13)C=CC2.COc1ccc2c(c1-c1c(OC)ccc3cc[nH]c13)CC=C2.COc1ccc2cccnc2c1-c1c(OC)ccc2cccnc12.COc1ccc2ccncc2c1-c1c(OC)ccc2ccncc12.COc1ccc2cnccc2c1-c1c(OC)ccc2cnccc12.COc1ccc2ncccc2c1-c1c(OC)ccc2ncccc12. The van der Waals surface area contributed by atoms with E-state index in [9.17, 15) is 0 Å². The number of ether oxygens (including phenoxy) is 12. The molecule has 0 bridgehead atoms. The largest absolute Gasteiger partial charge is 0.496 e. The number of pyridine rings is 8. The van der Waals surface area contributed by atoms with Crippen LogP contribution in [-0.2, 0) is 12.8 Å². The molecule has 0 saturated heterocycles. The molecule has 0 spiro atoms. The minimum Gasteiger partial charge on any atom is -0.496 e. The first-order chi connectivity index (χ1) is 69.0. The number of hydrogen-bond donors (Lipinski definition) is 2. The lowest BCUT2D eigenvalue weighted by molar-refractivity contribution is 0.410. The molecule has 2 aliphatic carbocycles. The number of benzene rings is 12. The minimum atomic E-state index is 0.748. The Kier molecular flexibility index (Phi) is 26.8. The normalized spacial score (nSPS) is 11.5. The van der Waals surface area contributed by atoms with E-state index in [0.29, 0.717) is 0 Å². The number of allylic oxidation sites excluding steroid dienone is 2. The first-order valence-electron chi connectivity index (χ1n) is 45.3. The fraction of sp³-hybridized carbons (Fsp3) is 0.119. The van der Waals surface area contributed by atoms with Gasteiger partial charge in [0.25, 0.3) is 0 Å². The Balaban J connectivity index is 0.000000107. The van der Waals surface area contributed by atoms with Crippen LogP contribution >= 0.6 is 0 Å². The monoisotopic (exact) mass is 1850 g/mol. The zero-order chi connectivity index (χ0) is 96.3. The van der Waals surface area contributed by atoms with E-state index >= 15 is 0 Å². The van der Waals surface area contributed by atoms with Gasteiger partial charge in [-0.05, 0) is 239 Å². The maximum absolute atomic E-state index is 5.66. The van der Waals surface area contributed by atoms with Gasteiger partial charge in [0.2, 0.25) is 0 Å². The summed E-state index contributed by atoms with van der Waals surface area (Å²) in [7, 11) is 20.3. The molecule has 2 aliphatic rings. The highest BCUT2D eigenvalue weighted by Crippen LogP contribution is 2.53. The van der Waals surface area contributed by atoms with Crippen molar-refractivity contribution in [1.29, 1.82) is 0 Å². The van der Waals surface area contributed by atoms with Gasteiger partial charge in [0.1, 0.15) is 69.0 Å². The van der Waals surface area contributed by atoms with Crippen molar-refractivity contribution in [3.8, 4) is 136 Å². The quantitative estimate of drug-likeness (QED) is 0.0810. The molecule has 22 nitrogen and oxygen atoms in total. The van der Waals surface area contributed by atoms with Crippen LogP contribution in [0, 0.1) is 0 Å². The van der Waals surface area contributed by atoms with Gasteiger partial charge < -0.3 is 66.8 Å². The fourth-order valence-electron chi connectivity index (χ4n) is 19.1. The van der Waals surface area contributed by atoms with Crippen molar-refractivity contribution in [2.24, 2.45) is 0 Å². The van der Waals surface area contributed by atoms with E-state index < -0.39 is 0 Å². The van der Waals surface area contributed by atoms with E-state index in [-0.39, 0.29) is 0 Å². The molecule has 0 amide bonds. The van der Waals surface area contributed by atoms with E-state index in [1.807, 2.05) is 225 Å². The van der Waals surface area contributed by atoms with Crippen LogP contribution in [-0.4, -0.2) is 135 Å². The lowest BCUT2D eigenvalue weighted by atomic mass is 9.93. The van der Waals surface area contributed by atoms with Crippen molar-refractivity contribution in [2.75, 3.05) is 85.3 Å². The number of rotatable bonds is 18. The molecular formula is C118H98N10O12. The first kappa shape index (κ1) is 91.2. The molecule has 0 unspecified atom stereocenters. The number of hydrogen-bond acceptors (Lipinski definition) is 20. The van der Waals surface area contributed by atoms with E-state index in [1.165, 1.54) is 27.6 Å². The number of nitrogens with one attached hydrogen (secondary N) is 2. The molecule has 0 fully saturated rings. The average molecular weight is 1850 g/mol. The smallest absolute Gasteiger partial charge is 0.129 e. The van der Waals surface area contributed by atoms with Crippen LogP contribution in [0.5, 0.6) is 69.0 Å². The van der Waals surface area contributed by atoms with Crippen molar-refractivity contribution in [3.05, 3.63) is 352 Å². The predicted molar refractivity (Wildman–Crippen MR) is 561 cm³/mol. The van der Waals surface area contributed by atoms with Crippen molar-refractivity contribution >= 4 is 121 Å². The van der Waals surface area contributed by atoms with Gasteiger partial charge in [-0.3, -0.25) is 39.9 Å². The van der Waals surface area contributed by atoms with Crippen LogP contribution < -0.4 is 56.8 Å². The van der Waals surface area contributed by atoms with Crippen molar-refractivity contribution in [3.63, 3.8) is 0 Å². The predicted octanol–water partition coefficient (Wildman–Crippen LogP) is 26.7. The summed E-state index contributed by atoms with van der Waals surface area (Å²) in [5.74, 6) is 9.70. The van der Waals surface area contributed by atoms with E-state index in [1.54, 1.807) is 135 Å². The molecule has 22 heteroatoms. The minimum absolute atomic E-state index is 0.748. The Morgan fingerprint density at radius 1 is 0.229 bits per heavy atom. The Morgan fingerprint density at radius 2 is 0.593 bits per heavy atom. The van der Waals surface area contributed by atoms with E-state index in [0.717, 1.165) is 252 Å². The molecule has 0 radical (unpaired) electrons. The molecule has 0 atom stereocenters. The van der Waals surface area contributed by atoms with Crippen LogP contribution in [0.15, 0.2) is 329 Å². The third-order valence-corrected chi connectivity index (χ3v) is 25.5. The molecule has 22 aromatic rings. The van der Waals surface area contributed by atoms with Gasteiger partial charge in [-0.25, -0.2) is 0 Å². The summed E-state index contributed by atoms with van der Waals surface area (Å²) < 4.78 is 67.8. The van der Waals surface area contributed by atoms with Gasteiger partial charge in [-0.2, -0.15) is 0 Å². The summed E-state index contributed by atoms with van der Waals surface area (Å²) in [6.45, 7) is 0. The van der Waals surface area contributed by atoms with Gasteiger partial charge in [0.15, 0.2) is 0 Å². The summed E-state index contributed by atoms with van der Waals surface area (Å²) in [6, 6.07) is 76.3. The topological polar surface area (TPSA) is 245 Å². The van der Waals surface area contributed by atoms with Crippen molar-refractivity contribution in [1.82, 2.24) is 49.8 Å². The standard InChI is InChI=1S/4C20H16N2O2.2C19H17NO2/c1-23-17-5-3-13-11-21-9-7-15(13)19(17)20-16-8-10-22-12-14(16)4-6-18(20)24-2;1-23-17-5-3-13-7-9-21-11-15(13)19(17)20-16-12-22-10-8-14(16)4-6-18(20)24-2;1-23-17-9-7-15-13(5-3-11-21-15)19(17)20-14-6-4-12-22-16(14)8-10-18(20)24-2;1-23-15-9-7-13-5-3-11-21-19(13)17(15)18-16(24-2)10-8-14-6-4-12-22-20(14)18;1-21-15-8-6-12-4-3-5-14(12)17(15)18-16(22-2)9-7-13-10-11-20-19(13)18;1-21-16-8-6-12-4-3-5-13(12)18(16)19-14-10-11-20-15(14)7-9-17(19)22-2/h4*3-12H,1-2H3;3-4,6-11,20H,5H2,1-2H3;3,5-11,20H,4H2,1-2H3. The maximum Gasteiger partial charge on any atom is 0.129 e. The molecule has 10 heterocycles. The first-order valence-corrected chi connectivity index (χ1v) is 45.3. The second-order valence-electron chi connectivity index (χ2n) is 32.6. The number of fused-ring (bicyclic) bond motifs is 12. The second kappa shape index (κ2) is 41.1. The van der Waals surface area contributed by atoms with Crippen molar-refractivity contribution < 1.29 is 56.8 Å². The second-order valence-corrected chi connectivity index (χ2v) is 32.6. The fourth-order valence-corrected chi connectivity index (χ4v) is 19.1. The molecule has 0 saturated carbocycles. The van der Waals surface area contributed by atoms with Gasteiger partial charge in [-0.1, -0.05) is 72.8 Å². The van der Waals surface area contributed by atoms with Crippen LogP contribution in [0.2, 0.25) is 0 Å². The number of aromatic nitrogens is 10. The Morgan fingerprint density at radius 3 is 1.09 bits per heavy atom. The molecule has 0 aliphatic heterocycles. The van der Waals surface area contributed by atoms with Gasteiger partial charge in [0, 0.05) is 196 Å². The molecule has 2 N–H and O–H groups in total. The Bertz CT molecular complexity index is 7470. The lowest BCUT2D eigenvalue weighted by Gasteiger charge is -2.17. The Hall–Kier alpha value is -17.9. The van der Waals surface area contributed by atoms with E-state index in [4.69, 9.17) is 56.8 Å². The summed E-state index contributed by atoms with van der Waals surface area (Å²) in [4.78, 5) is 41.8. The summed E-state index contributed by atoms with van der Waals surface area (Å²) >= 11 is 0. The van der Waals surface area contributed by atoms with Gasteiger partial charge >= 0.3 is 0 Å². The zero-order valence-corrected chi connectivity index (χ0v) is 79.2. The zero-order valence-electron chi connectivity index (χ0n) is 79.2. The highest BCUT2D eigenvalue weighted by molar-refractivity contribution is 6.14. The highest BCUT2D eigenvalue weighted by atomic mass is 16.5. The third-order valence-electron chi connectivity index (χ3n) is 25.5. The molecule has 692 valence electrons. The van der Waals surface area contributed by atoms with Gasteiger partial charge in [-0.15, -0.1) is 0 Å². The molecule has 10 aromatic heterocycles. The number of H-pyrrole nitrogens is 2. The Labute approximate surface area is 808 Å². The molecular weight excluding hydrogens is 1750 g/mol. The third kappa shape index (κ3) is 17.3. The van der Waals surface area contributed by atoms with E-state index in [2.05, 4.69) is 117 Å². The molecule has 12 aromatic carbocycles. The van der Waals surface area contributed by atoms with Crippen LogP contribution in [0.1, 0.15) is 22.3 Å². The van der Waals surface area contributed by atoms with Crippen LogP contribution in [0.3, 0.4) is 0 Å². The van der Waals surface area contributed by atoms with Crippen molar-refractivity contribution in [2.45, 2.75) is 12.8 Å². The summed E-state index contributed by atoms with van der Waals surface area (Å²) in [5.41, 5.74) is 22.9. The maximum atomic E-state index is 5.66. The number of methoxy groups -OCH3 is 12. The average Bonchev–Trinajstić information content (AvgIpc) is 1.54. The number of aromatic amines is 2.